The van der Waals surface area contributed by atoms with Crippen LogP contribution in [-0.2, 0) is 0 Å². The van der Waals surface area contributed by atoms with Gasteiger partial charge in [-0.2, -0.15) is 5.10 Å². The Morgan fingerprint density at radius 1 is 1.14 bits per heavy atom. The molecule has 2 rings (SSSR count). The standard InChI is InChI=1S/C17H25N3O/c1-4-19(5-2)12-9-13-21-17-14-15(3)18-20(17)16-10-7-6-8-11-16/h6-8,10-11,14H,4-5,9,12-13H2,1-3H3. The average Bonchev–Trinajstić information content (AvgIpc) is 2.89. The summed E-state index contributed by atoms with van der Waals surface area (Å²) in [6.45, 7) is 10.4. The number of aromatic nitrogens is 2. The van der Waals surface area contributed by atoms with E-state index in [1.165, 1.54) is 0 Å². The van der Waals surface area contributed by atoms with Gasteiger partial charge in [-0.05, 0) is 38.6 Å². The molecule has 0 unspecified atom stereocenters. The van der Waals surface area contributed by atoms with Crippen LogP contribution < -0.4 is 4.74 Å². The maximum atomic E-state index is 5.93. The van der Waals surface area contributed by atoms with Crippen molar-refractivity contribution in [3.05, 3.63) is 42.1 Å². The third-order valence-electron chi connectivity index (χ3n) is 3.56. The lowest BCUT2D eigenvalue weighted by Gasteiger charge is -2.17. The van der Waals surface area contributed by atoms with E-state index in [-0.39, 0.29) is 0 Å². The second-order valence-corrected chi connectivity index (χ2v) is 5.10. The Morgan fingerprint density at radius 2 is 1.86 bits per heavy atom. The van der Waals surface area contributed by atoms with Crippen molar-refractivity contribution in [2.24, 2.45) is 0 Å². The maximum Gasteiger partial charge on any atom is 0.216 e. The van der Waals surface area contributed by atoms with E-state index in [4.69, 9.17) is 4.74 Å². The van der Waals surface area contributed by atoms with Gasteiger partial charge in [-0.25, -0.2) is 4.68 Å². The zero-order valence-electron chi connectivity index (χ0n) is 13.2. The predicted octanol–water partition coefficient (Wildman–Crippen LogP) is 3.29. The summed E-state index contributed by atoms with van der Waals surface area (Å²) in [7, 11) is 0. The van der Waals surface area contributed by atoms with Crippen molar-refractivity contribution in [2.75, 3.05) is 26.2 Å². The molecule has 0 N–H and O–H groups in total. The van der Waals surface area contributed by atoms with E-state index in [0.29, 0.717) is 6.61 Å². The van der Waals surface area contributed by atoms with E-state index in [9.17, 15) is 0 Å². The van der Waals surface area contributed by atoms with Gasteiger partial charge in [-0.3, -0.25) is 0 Å². The number of benzene rings is 1. The van der Waals surface area contributed by atoms with Gasteiger partial charge >= 0.3 is 0 Å². The van der Waals surface area contributed by atoms with Crippen LogP contribution in [0.25, 0.3) is 5.69 Å². The molecule has 0 bridgehead atoms. The summed E-state index contributed by atoms with van der Waals surface area (Å²) >= 11 is 0. The zero-order valence-corrected chi connectivity index (χ0v) is 13.2. The lowest BCUT2D eigenvalue weighted by atomic mass is 10.3. The zero-order chi connectivity index (χ0) is 15.1. The Kier molecular flexibility index (Phi) is 5.81. The molecule has 114 valence electrons. The fraction of sp³-hybridized carbons (Fsp3) is 0.471. The van der Waals surface area contributed by atoms with E-state index < -0.39 is 0 Å². The highest BCUT2D eigenvalue weighted by Gasteiger charge is 2.08. The molecule has 0 aliphatic heterocycles. The second kappa shape index (κ2) is 7.84. The highest BCUT2D eigenvalue weighted by molar-refractivity contribution is 5.35. The SMILES string of the molecule is CCN(CC)CCCOc1cc(C)nn1-c1ccccc1. The summed E-state index contributed by atoms with van der Waals surface area (Å²) in [4.78, 5) is 2.41. The first kappa shape index (κ1) is 15.6. The second-order valence-electron chi connectivity index (χ2n) is 5.10. The van der Waals surface area contributed by atoms with Crippen molar-refractivity contribution in [2.45, 2.75) is 27.2 Å². The predicted molar refractivity (Wildman–Crippen MR) is 86.2 cm³/mol. The number of rotatable bonds is 8. The number of ether oxygens (including phenoxy) is 1. The normalized spacial score (nSPS) is 11.0. The van der Waals surface area contributed by atoms with Crippen molar-refractivity contribution in [3.8, 4) is 11.6 Å². The van der Waals surface area contributed by atoms with Crippen LogP contribution in [0.1, 0.15) is 26.0 Å². The Labute approximate surface area is 127 Å². The van der Waals surface area contributed by atoms with Crippen LogP contribution in [0.5, 0.6) is 5.88 Å². The van der Waals surface area contributed by atoms with Gasteiger partial charge in [0, 0.05) is 12.6 Å². The number of nitrogens with zero attached hydrogens (tertiary/aromatic N) is 3. The van der Waals surface area contributed by atoms with Crippen molar-refractivity contribution in [1.29, 1.82) is 0 Å². The molecule has 0 spiro atoms. The minimum Gasteiger partial charge on any atom is -0.478 e. The highest BCUT2D eigenvalue weighted by atomic mass is 16.5. The summed E-state index contributed by atoms with van der Waals surface area (Å²) in [6, 6.07) is 12.1. The van der Waals surface area contributed by atoms with Crippen LogP contribution in [0.4, 0.5) is 0 Å². The van der Waals surface area contributed by atoms with Crippen molar-refractivity contribution in [3.63, 3.8) is 0 Å². The summed E-state index contributed by atoms with van der Waals surface area (Å²) in [5.74, 6) is 0.818. The van der Waals surface area contributed by atoms with Crippen molar-refractivity contribution < 1.29 is 4.74 Å². The molecule has 1 aromatic heterocycles. The Morgan fingerprint density at radius 3 is 2.52 bits per heavy atom. The van der Waals surface area contributed by atoms with Gasteiger partial charge in [0.25, 0.3) is 0 Å². The van der Waals surface area contributed by atoms with Crippen LogP contribution in [0, 0.1) is 6.92 Å². The van der Waals surface area contributed by atoms with Gasteiger partial charge in [0.2, 0.25) is 5.88 Å². The molecule has 2 aromatic rings. The Bertz CT molecular complexity index is 532. The molecule has 0 fully saturated rings. The van der Waals surface area contributed by atoms with Crippen LogP contribution in [0.2, 0.25) is 0 Å². The lowest BCUT2D eigenvalue weighted by Crippen LogP contribution is -2.25. The smallest absolute Gasteiger partial charge is 0.216 e. The topological polar surface area (TPSA) is 30.3 Å². The molecule has 1 heterocycles. The molecule has 0 aliphatic carbocycles. The summed E-state index contributed by atoms with van der Waals surface area (Å²) in [5.41, 5.74) is 2.00. The number of aryl methyl sites for hydroxylation is 1. The molecule has 1 aromatic carbocycles. The molecule has 0 aliphatic rings. The summed E-state index contributed by atoms with van der Waals surface area (Å²) in [6.07, 6.45) is 1.03. The van der Waals surface area contributed by atoms with E-state index in [2.05, 4.69) is 23.8 Å². The average molecular weight is 287 g/mol. The molecule has 0 atom stereocenters. The summed E-state index contributed by atoms with van der Waals surface area (Å²) < 4.78 is 7.79. The molecule has 0 radical (unpaired) electrons. The van der Waals surface area contributed by atoms with Gasteiger partial charge in [-0.1, -0.05) is 32.0 Å². The molecule has 0 saturated carbocycles. The van der Waals surface area contributed by atoms with Crippen molar-refractivity contribution in [1.82, 2.24) is 14.7 Å². The molecule has 0 saturated heterocycles. The van der Waals surface area contributed by atoms with E-state index in [1.807, 2.05) is 48.0 Å². The third kappa shape index (κ3) is 4.33. The van der Waals surface area contributed by atoms with E-state index in [1.54, 1.807) is 0 Å². The van der Waals surface area contributed by atoms with Crippen LogP contribution in [0.15, 0.2) is 36.4 Å². The van der Waals surface area contributed by atoms with Crippen LogP contribution >= 0.6 is 0 Å². The molecular formula is C17H25N3O. The van der Waals surface area contributed by atoms with Gasteiger partial charge in [0.15, 0.2) is 0 Å². The van der Waals surface area contributed by atoms with Crippen molar-refractivity contribution >= 4 is 0 Å². The quantitative estimate of drug-likeness (QED) is 0.698. The minimum absolute atomic E-state index is 0.717. The first-order chi connectivity index (χ1) is 10.2. The van der Waals surface area contributed by atoms with Gasteiger partial charge in [0.1, 0.15) is 0 Å². The number of para-hydroxylation sites is 1. The number of hydrogen-bond acceptors (Lipinski definition) is 3. The number of hydrogen-bond donors (Lipinski definition) is 0. The lowest BCUT2D eigenvalue weighted by molar-refractivity contribution is 0.241. The van der Waals surface area contributed by atoms with E-state index in [0.717, 1.165) is 43.3 Å². The maximum absolute atomic E-state index is 5.93. The summed E-state index contributed by atoms with van der Waals surface area (Å²) in [5, 5.41) is 4.51. The monoisotopic (exact) mass is 287 g/mol. The third-order valence-corrected chi connectivity index (χ3v) is 3.56. The Hall–Kier alpha value is -1.81. The van der Waals surface area contributed by atoms with Crippen LogP contribution in [0.3, 0.4) is 0 Å². The molecular weight excluding hydrogens is 262 g/mol. The molecule has 4 heteroatoms. The first-order valence-corrected chi connectivity index (χ1v) is 7.71. The van der Waals surface area contributed by atoms with E-state index >= 15 is 0 Å². The molecule has 21 heavy (non-hydrogen) atoms. The molecule has 0 amide bonds. The fourth-order valence-electron chi connectivity index (χ4n) is 2.34. The molecule has 4 nitrogen and oxygen atoms in total. The fourth-order valence-corrected chi connectivity index (χ4v) is 2.34. The van der Waals surface area contributed by atoms with Gasteiger partial charge < -0.3 is 9.64 Å². The highest BCUT2D eigenvalue weighted by Crippen LogP contribution is 2.19. The minimum atomic E-state index is 0.717. The van der Waals surface area contributed by atoms with Crippen LogP contribution in [-0.4, -0.2) is 40.9 Å². The Balaban J connectivity index is 1.95. The van der Waals surface area contributed by atoms with Gasteiger partial charge in [0.05, 0.1) is 18.0 Å². The first-order valence-electron chi connectivity index (χ1n) is 7.71. The largest absolute Gasteiger partial charge is 0.478 e. The van der Waals surface area contributed by atoms with Gasteiger partial charge in [-0.15, -0.1) is 0 Å².